The number of anilines is 1. The number of carbonyl (C=O) groups is 1. The smallest absolute Gasteiger partial charge is 0.257 e. The molecule has 2 rings (SSSR count). The molecule has 0 radical (unpaired) electrons. The van der Waals surface area contributed by atoms with E-state index in [4.69, 9.17) is 9.47 Å². The molecule has 0 bridgehead atoms. The molecule has 1 N–H and O–H groups in total. The van der Waals surface area contributed by atoms with E-state index in [0.29, 0.717) is 35.4 Å². The van der Waals surface area contributed by atoms with Crippen molar-refractivity contribution < 1.29 is 14.3 Å². The first-order valence-electron chi connectivity index (χ1n) is 8.19. The van der Waals surface area contributed by atoms with E-state index in [1.54, 1.807) is 19.2 Å². The van der Waals surface area contributed by atoms with Crippen molar-refractivity contribution in [1.29, 1.82) is 0 Å². The maximum Gasteiger partial charge on any atom is 0.257 e. The molecule has 0 spiro atoms. The van der Waals surface area contributed by atoms with Crippen molar-refractivity contribution >= 4 is 11.6 Å². The summed E-state index contributed by atoms with van der Waals surface area (Å²) in [5.41, 5.74) is 3.42. The number of benzene rings is 1. The van der Waals surface area contributed by atoms with Crippen LogP contribution in [0.15, 0.2) is 24.3 Å². The van der Waals surface area contributed by atoms with Crippen LogP contribution in [0.3, 0.4) is 0 Å². The topological polar surface area (TPSA) is 52.5 Å². The van der Waals surface area contributed by atoms with Crippen LogP contribution in [-0.2, 0) is 0 Å². The fourth-order valence-corrected chi connectivity index (χ4v) is 3.02. The zero-order valence-electron chi connectivity index (χ0n) is 15.3. The highest BCUT2D eigenvalue weighted by Gasteiger charge is 2.17. The van der Waals surface area contributed by atoms with Crippen molar-refractivity contribution in [1.82, 2.24) is 4.57 Å². The minimum absolute atomic E-state index is 0.124. The van der Waals surface area contributed by atoms with Crippen molar-refractivity contribution in [3.63, 3.8) is 0 Å². The Balaban J connectivity index is 2.26. The van der Waals surface area contributed by atoms with Crippen LogP contribution in [0.4, 0.5) is 5.69 Å². The SMILES string of the molecule is CCOc1ccc(NC(=O)c2cc(C)n(C(C)C)c2C)cc1OC. The van der Waals surface area contributed by atoms with Gasteiger partial charge in [-0.15, -0.1) is 0 Å². The lowest BCUT2D eigenvalue weighted by atomic mass is 10.2. The molecule has 0 unspecified atom stereocenters. The normalized spacial score (nSPS) is 10.8. The second-order valence-electron chi connectivity index (χ2n) is 6.00. The quantitative estimate of drug-likeness (QED) is 0.857. The van der Waals surface area contributed by atoms with Gasteiger partial charge < -0.3 is 19.4 Å². The predicted molar refractivity (Wildman–Crippen MR) is 96.4 cm³/mol. The zero-order valence-corrected chi connectivity index (χ0v) is 15.3. The summed E-state index contributed by atoms with van der Waals surface area (Å²) in [5, 5.41) is 2.93. The van der Waals surface area contributed by atoms with Crippen LogP contribution in [-0.4, -0.2) is 24.2 Å². The number of hydrogen-bond acceptors (Lipinski definition) is 3. The largest absolute Gasteiger partial charge is 0.493 e. The van der Waals surface area contributed by atoms with Crippen molar-refractivity contribution in [2.45, 2.75) is 40.7 Å². The van der Waals surface area contributed by atoms with Gasteiger partial charge in [-0.1, -0.05) is 0 Å². The van der Waals surface area contributed by atoms with E-state index in [0.717, 1.165) is 11.4 Å². The maximum atomic E-state index is 12.6. The maximum absolute atomic E-state index is 12.6. The molecule has 1 aromatic heterocycles. The van der Waals surface area contributed by atoms with Gasteiger partial charge in [-0.05, 0) is 52.8 Å². The highest BCUT2D eigenvalue weighted by molar-refractivity contribution is 6.05. The molecule has 2 aromatic rings. The van der Waals surface area contributed by atoms with Crippen molar-refractivity contribution in [2.75, 3.05) is 19.0 Å². The average Bonchev–Trinajstić information content (AvgIpc) is 2.83. The summed E-state index contributed by atoms with van der Waals surface area (Å²) in [5.74, 6) is 1.14. The number of carbonyl (C=O) groups excluding carboxylic acids is 1. The van der Waals surface area contributed by atoms with E-state index < -0.39 is 0 Å². The van der Waals surface area contributed by atoms with Gasteiger partial charge in [-0.2, -0.15) is 0 Å². The van der Waals surface area contributed by atoms with Gasteiger partial charge in [0, 0.05) is 29.2 Å². The molecular formula is C19H26N2O3. The van der Waals surface area contributed by atoms with Gasteiger partial charge in [0.05, 0.1) is 19.3 Å². The van der Waals surface area contributed by atoms with Gasteiger partial charge >= 0.3 is 0 Å². The van der Waals surface area contributed by atoms with Crippen LogP contribution in [0.2, 0.25) is 0 Å². The number of ether oxygens (including phenoxy) is 2. The summed E-state index contributed by atoms with van der Waals surface area (Å²) in [6, 6.07) is 7.63. The molecule has 130 valence electrons. The average molecular weight is 330 g/mol. The lowest BCUT2D eigenvalue weighted by Gasteiger charge is -2.14. The zero-order chi connectivity index (χ0) is 17.9. The van der Waals surface area contributed by atoms with Crippen LogP contribution >= 0.6 is 0 Å². The van der Waals surface area contributed by atoms with Gasteiger partial charge in [0.15, 0.2) is 11.5 Å². The highest BCUT2D eigenvalue weighted by atomic mass is 16.5. The summed E-state index contributed by atoms with van der Waals surface area (Å²) < 4.78 is 13.0. The Morgan fingerprint density at radius 1 is 1.21 bits per heavy atom. The molecule has 0 saturated carbocycles. The number of rotatable bonds is 6. The van der Waals surface area contributed by atoms with E-state index in [-0.39, 0.29) is 5.91 Å². The van der Waals surface area contributed by atoms with E-state index in [1.807, 2.05) is 32.9 Å². The minimum Gasteiger partial charge on any atom is -0.493 e. The van der Waals surface area contributed by atoms with E-state index in [1.165, 1.54) is 0 Å². The van der Waals surface area contributed by atoms with E-state index in [9.17, 15) is 4.79 Å². The van der Waals surface area contributed by atoms with Crippen LogP contribution in [0, 0.1) is 13.8 Å². The lowest BCUT2D eigenvalue weighted by molar-refractivity contribution is 0.102. The molecule has 5 nitrogen and oxygen atoms in total. The summed E-state index contributed by atoms with van der Waals surface area (Å²) in [4.78, 5) is 12.6. The molecule has 0 saturated heterocycles. The highest BCUT2D eigenvalue weighted by Crippen LogP contribution is 2.30. The van der Waals surface area contributed by atoms with Gasteiger partial charge in [0.2, 0.25) is 0 Å². The summed E-state index contributed by atoms with van der Waals surface area (Å²) in [6.07, 6.45) is 0. The first kappa shape index (κ1) is 17.9. The number of nitrogens with zero attached hydrogens (tertiary/aromatic N) is 1. The van der Waals surface area contributed by atoms with Gasteiger partial charge in [-0.3, -0.25) is 4.79 Å². The third kappa shape index (κ3) is 3.55. The lowest BCUT2D eigenvalue weighted by Crippen LogP contribution is -2.14. The number of aromatic nitrogens is 1. The third-order valence-corrected chi connectivity index (χ3v) is 3.97. The van der Waals surface area contributed by atoms with Crippen LogP contribution < -0.4 is 14.8 Å². The number of nitrogens with one attached hydrogen (secondary N) is 1. The Morgan fingerprint density at radius 3 is 2.46 bits per heavy atom. The number of methoxy groups -OCH3 is 1. The standard InChI is InChI=1S/C19H26N2O3/c1-7-24-17-9-8-15(11-18(17)23-6)20-19(22)16-10-13(4)21(12(2)3)14(16)5/h8-12H,7H2,1-6H3,(H,20,22). The summed E-state index contributed by atoms with van der Waals surface area (Å²) in [6.45, 7) is 10.7. The molecule has 1 heterocycles. The van der Waals surface area contributed by atoms with Gasteiger partial charge in [0.25, 0.3) is 5.91 Å². The molecule has 1 amide bonds. The molecule has 0 aliphatic carbocycles. The van der Waals surface area contributed by atoms with Crippen LogP contribution in [0.25, 0.3) is 0 Å². The fourth-order valence-electron chi connectivity index (χ4n) is 3.02. The Labute approximate surface area is 143 Å². The fraction of sp³-hybridized carbons (Fsp3) is 0.421. The van der Waals surface area contributed by atoms with E-state index in [2.05, 4.69) is 23.7 Å². The predicted octanol–water partition coefficient (Wildman–Crippen LogP) is 4.35. The molecule has 0 atom stereocenters. The molecule has 0 aliphatic heterocycles. The first-order chi connectivity index (χ1) is 11.4. The molecule has 0 fully saturated rings. The Hall–Kier alpha value is -2.43. The van der Waals surface area contributed by atoms with Crippen LogP contribution in [0.5, 0.6) is 11.5 Å². The van der Waals surface area contributed by atoms with Crippen molar-refractivity contribution in [3.05, 3.63) is 41.2 Å². The Kier molecular flexibility index (Phi) is 5.54. The number of hydrogen-bond donors (Lipinski definition) is 1. The van der Waals surface area contributed by atoms with E-state index >= 15 is 0 Å². The molecule has 1 aromatic carbocycles. The second kappa shape index (κ2) is 7.43. The Bertz CT molecular complexity index is 732. The van der Waals surface area contributed by atoms with Gasteiger partial charge in [-0.25, -0.2) is 0 Å². The number of amides is 1. The Morgan fingerprint density at radius 2 is 1.92 bits per heavy atom. The van der Waals surface area contributed by atoms with Crippen LogP contribution in [0.1, 0.15) is 48.6 Å². The molecule has 5 heteroatoms. The summed E-state index contributed by atoms with van der Waals surface area (Å²) >= 11 is 0. The third-order valence-electron chi connectivity index (χ3n) is 3.97. The monoisotopic (exact) mass is 330 g/mol. The summed E-state index contributed by atoms with van der Waals surface area (Å²) in [7, 11) is 1.58. The second-order valence-corrected chi connectivity index (χ2v) is 6.00. The van der Waals surface area contributed by atoms with Crippen molar-refractivity contribution in [3.8, 4) is 11.5 Å². The first-order valence-corrected chi connectivity index (χ1v) is 8.19. The number of aryl methyl sites for hydroxylation is 1. The minimum atomic E-state index is -0.124. The molecule has 24 heavy (non-hydrogen) atoms. The molecular weight excluding hydrogens is 304 g/mol. The van der Waals surface area contributed by atoms with Gasteiger partial charge in [0.1, 0.15) is 0 Å². The van der Waals surface area contributed by atoms with Crippen molar-refractivity contribution in [2.24, 2.45) is 0 Å². The molecule has 0 aliphatic rings.